The van der Waals surface area contributed by atoms with Crippen molar-refractivity contribution < 1.29 is 34.8 Å². The fourth-order valence-corrected chi connectivity index (χ4v) is 10.2. The number of hydrogen-bond donors (Lipinski definition) is 7. The molecule has 0 spiro atoms. The molecule has 12 aromatic rings. The van der Waals surface area contributed by atoms with Crippen molar-refractivity contribution in [1.29, 1.82) is 0 Å². The van der Waals surface area contributed by atoms with Crippen LogP contribution in [0.2, 0.25) is 0 Å². The molecule has 452 valence electrons. The summed E-state index contributed by atoms with van der Waals surface area (Å²) < 4.78 is 0. The Morgan fingerprint density at radius 1 is 0.533 bits per heavy atom. The number of benzene rings is 7. The molecule has 0 saturated heterocycles. The summed E-state index contributed by atoms with van der Waals surface area (Å²) in [6.45, 7) is 1.16. The molecule has 5 aromatic heterocycles. The molecule has 25 heteroatoms. The second kappa shape index (κ2) is 27.5. The van der Waals surface area contributed by atoms with Gasteiger partial charge in [-0.2, -0.15) is 4.98 Å². The number of carboxylic acids is 1. The summed E-state index contributed by atoms with van der Waals surface area (Å²) in [5.41, 5.74) is 20.6. The van der Waals surface area contributed by atoms with Crippen molar-refractivity contribution in [2.45, 2.75) is 38.3 Å². The molecule has 0 saturated carbocycles. The zero-order valence-corrected chi connectivity index (χ0v) is 49.8. The van der Waals surface area contributed by atoms with E-state index in [2.05, 4.69) is 45.9 Å². The number of amides is 2. The van der Waals surface area contributed by atoms with Crippen molar-refractivity contribution >= 4 is 95.7 Å². The van der Waals surface area contributed by atoms with Crippen molar-refractivity contribution in [3.63, 3.8) is 0 Å². The smallest absolute Gasteiger partial charge is 0.872 e. The number of nitrogens with two attached hydrogens (primary N) is 2. The van der Waals surface area contributed by atoms with Gasteiger partial charge in [-0.1, -0.05) is 146 Å². The van der Waals surface area contributed by atoms with Gasteiger partial charge in [0, 0.05) is 73.9 Å². The quantitative estimate of drug-likeness (QED) is 0.0661. The van der Waals surface area contributed by atoms with Gasteiger partial charge in [-0.3, -0.25) is 9.59 Å². The number of aliphatic carboxylic acids is 1. The van der Waals surface area contributed by atoms with Crippen LogP contribution in [0.4, 0.5) is 11.6 Å². The number of carboxylic acid groups (broad SMARTS) is 1. The number of fused-ring (bicyclic) bond motifs is 21. The molecule has 7 aromatic carbocycles. The maximum atomic E-state index is 12.6. The van der Waals surface area contributed by atoms with Crippen molar-refractivity contribution in [1.82, 2.24) is 70.4 Å². The number of hydrogen-bond acceptors (Lipinski definition) is 20. The Labute approximate surface area is 528 Å². The minimum atomic E-state index is -1.51. The first-order valence-electron chi connectivity index (χ1n) is 28.8. The van der Waals surface area contributed by atoms with E-state index in [1.54, 1.807) is 36.4 Å². The Morgan fingerprint density at radius 2 is 0.989 bits per heavy atom. The summed E-state index contributed by atoms with van der Waals surface area (Å²) in [5, 5.41) is 57.2. The van der Waals surface area contributed by atoms with Gasteiger partial charge in [-0.25, -0.2) is 44.9 Å². The molecule has 0 fully saturated rings. The van der Waals surface area contributed by atoms with E-state index in [9.17, 15) is 34.8 Å². The number of rotatable bonds is 14. The molecule has 7 heterocycles. The van der Waals surface area contributed by atoms with Crippen molar-refractivity contribution in [2.75, 3.05) is 24.1 Å². The van der Waals surface area contributed by atoms with Crippen molar-refractivity contribution in [3.05, 3.63) is 198 Å². The summed E-state index contributed by atoms with van der Waals surface area (Å²) in [4.78, 5) is 88.8. The molecule has 92 heavy (non-hydrogen) atoms. The standard InChI is InChI=1S/C32H18N8.C27H28N8O6.C8H11NO.Si/c1-2-10-18-17(9-1)25-33-26(18)38-28-21-13-5-6-14-22(21)30(35-28)40-32-24-16-8-7-15-23(24)31(36-32)39-29-20-12-4-3-11-19(20)27(34-29)37-25;28-27-34-23-22(25(39)35-27)32-18(14-31-23)13-30-17-5-3-16(4-6-17)24(38)33-20(26(40)41)9-10-21(37)29-12-11-15-1-7-19(36)8-2-15;9-6-5-7-1-3-8(10)4-2-7;/h1-16H,(H2,33,34,35,36,37,38,39,40);1-8,14,20,30,36H,9-13H2,(H,29,37)(H,33,38)(H,40,41)(H3,28,31,34,35,39);1-4,10H,5-6,9H2;/q;;;+4/p-4. The molecule has 0 radical (unpaired) electrons. The van der Waals surface area contributed by atoms with E-state index in [0.717, 1.165) is 61.3 Å². The van der Waals surface area contributed by atoms with Crippen LogP contribution < -0.4 is 47.8 Å². The SMILES string of the molecule is NCCc1ccc([O-])cc1.Nc1nc([O-])c2nc(CNc3ccc(C(=O)NC(CCC(=O)NCCc4ccc([O-])cc4)C(=O)[O-])cc3)cnc2n1.[Si+4].c1ccc2c(c1)-c1nc-2nc2[nH]c(nc3nc(nc4[nH]c(n1)c1ccccc41)-c1ccccc1-3)c1ccccc21. The van der Waals surface area contributed by atoms with E-state index < -0.39 is 23.8 Å². The van der Waals surface area contributed by atoms with Crippen LogP contribution in [0.1, 0.15) is 40.0 Å². The number of nitrogens with zero attached hydrogens (tertiary/aromatic N) is 10. The van der Waals surface area contributed by atoms with E-state index in [1.807, 2.05) is 109 Å². The van der Waals surface area contributed by atoms with Gasteiger partial charge >= 0.3 is 11.0 Å². The second-order valence-electron chi connectivity index (χ2n) is 21.0. The second-order valence-corrected chi connectivity index (χ2v) is 21.0. The molecule has 2 amide bonds. The number of aromatic amines is 2. The van der Waals surface area contributed by atoms with Crippen LogP contribution in [-0.2, 0) is 29.0 Å². The summed E-state index contributed by atoms with van der Waals surface area (Å²) in [7, 11) is 0. The number of carbonyl (C=O) groups excluding carboxylic acids is 3. The molecular formula is C67H53N17O7Si. The summed E-state index contributed by atoms with van der Waals surface area (Å²) in [6.07, 6.45) is 2.52. The zero-order valence-electron chi connectivity index (χ0n) is 48.8. The van der Waals surface area contributed by atoms with Crippen molar-refractivity contribution in [2.24, 2.45) is 5.73 Å². The zero-order chi connectivity index (χ0) is 63.0. The molecule has 8 bridgehead atoms. The third kappa shape index (κ3) is 13.9. The van der Waals surface area contributed by atoms with E-state index in [4.69, 9.17) is 41.4 Å². The molecule has 1 unspecified atom stereocenters. The van der Waals surface area contributed by atoms with Crippen LogP contribution in [0.15, 0.2) is 176 Å². The largest absolute Gasteiger partial charge is 4.00 e. The first-order valence-corrected chi connectivity index (χ1v) is 28.8. The number of nitrogens with one attached hydrogen (secondary N) is 5. The number of anilines is 2. The van der Waals surface area contributed by atoms with Gasteiger partial charge < -0.3 is 62.6 Å². The Balaban J connectivity index is 0.000000162. The molecule has 2 aliphatic rings. The van der Waals surface area contributed by atoms with Gasteiger partial charge in [-0.05, 0) is 61.2 Å². The van der Waals surface area contributed by atoms with Crippen LogP contribution in [0.5, 0.6) is 17.4 Å². The van der Waals surface area contributed by atoms with Gasteiger partial charge in [0.05, 0.1) is 30.4 Å². The van der Waals surface area contributed by atoms with Gasteiger partial charge in [-0.15, -0.1) is 11.5 Å². The maximum Gasteiger partial charge on any atom is 4.00 e. The van der Waals surface area contributed by atoms with E-state index in [-0.39, 0.29) is 70.4 Å². The number of aromatic nitrogens is 12. The van der Waals surface area contributed by atoms with E-state index >= 15 is 0 Å². The topological polar surface area (TPSA) is 392 Å². The average molecular weight is 1240 g/mol. The van der Waals surface area contributed by atoms with E-state index in [0.29, 0.717) is 76.8 Å². The minimum absolute atomic E-state index is 0. The molecule has 1 atom stereocenters. The van der Waals surface area contributed by atoms with Gasteiger partial charge in [0.1, 0.15) is 28.1 Å². The Kier molecular flexibility index (Phi) is 18.4. The van der Waals surface area contributed by atoms with Crippen LogP contribution >= 0.6 is 0 Å². The third-order valence-corrected chi connectivity index (χ3v) is 14.8. The van der Waals surface area contributed by atoms with Gasteiger partial charge in [0.25, 0.3) is 5.91 Å². The molecule has 2 aliphatic heterocycles. The Bertz CT molecular complexity index is 4580. The number of nitrogen functional groups attached to an aromatic ring is 1. The monoisotopic (exact) mass is 1240 g/mol. The average Bonchev–Trinajstić information content (AvgIpc) is 1.61. The van der Waals surface area contributed by atoms with E-state index in [1.165, 1.54) is 30.5 Å². The van der Waals surface area contributed by atoms with Gasteiger partial charge in [0.15, 0.2) is 28.9 Å². The molecule has 14 rings (SSSR count). The van der Waals surface area contributed by atoms with Crippen LogP contribution in [-0.4, -0.2) is 108 Å². The number of H-pyrrole nitrogens is 2. The Morgan fingerprint density at radius 3 is 1.45 bits per heavy atom. The minimum Gasteiger partial charge on any atom is -0.872 e. The first kappa shape index (κ1) is 61.6. The fourth-order valence-electron chi connectivity index (χ4n) is 10.2. The maximum absolute atomic E-state index is 12.6. The summed E-state index contributed by atoms with van der Waals surface area (Å²) >= 11 is 0. The summed E-state index contributed by atoms with van der Waals surface area (Å²) in [5.74, 6) is -0.988. The summed E-state index contributed by atoms with van der Waals surface area (Å²) in [6, 6.07) is 50.1. The normalized spacial score (nSPS) is 11.4. The predicted molar refractivity (Wildman–Crippen MR) is 341 cm³/mol. The Hall–Kier alpha value is -12.1. The van der Waals surface area contributed by atoms with Crippen LogP contribution in [0.25, 0.3) is 101 Å². The fraction of sp³-hybridized carbons (Fsp3) is 0.119. The van der Waals surface area contributed by atoms with Crippen LogP contribution in [0.3, 0.4) is 0 Å². The third-order valence-electron chi connectivity index (χ3n) is 14.8. The first-order chi connectivity index (χ1) is 44.3. The van der Waals surface area contributed by atoms with Crippen LogP contribution in [0, 0.1) is 0 Å². The molecule has 24 nitrogen and oxygen atoms in total. The molecule has 0 aliphatic carbocycles. The molecule has 9 N–H and O–H groups in total. The van der Waals surface area contributed by atoms with Gasteiger partial charge in [0.2, 0.25) is 11.9 Å². The number of carbonyl (C=O) groups is 3. The predicted octanol–water partition coefficient (Wildman–Crippen LogP) is 5.50. The van der Waals surface area contributed by atoms with Crippen molar-refractivity contribution in [3.8, 4) is 62.9 Å². The molecular weight excluding hydrogens is 1180 g/mol.